The van der Waals surface area contributed by atoms with E-state index in [1.807, 2.05) is 0 Å². The van der Waals surface area contributed by atoms with Gasteiger partial charge in [-0.15, -0.1) is 10.2 Å². The van der Waals surface area contributed by atoms with Crippen LogP contribution in [-0.2, 0) is 4.74 Å². The quantitative estimate of drug-likeness (QED) is 0.337. The number of carbonyl (C=O) groups is 1. The maximum atomic E-state index is 12.3. The molecule has 0 spiro atoms. The molecule has 0 saturated carbocycles. The average Bonchev–Trinajstić information content (AvgIpc) is 3.14. The standard InChI is InChI=1S/C17H11Cl2N3O5/c1-9(26-17(23)12-3-2-4-13(18)14(12)19)15-20-21-16(27-15)10-5-7-11(8-6-10)22(24)25/h2-9H,1H3. The maximum Gasteiger partial charge on any atom is 0.340 e. The van der Waals surface area contributed by atoms with E-state index in [1.54, 1.807) is 19.1 Å². The lowest BCUT2D eigenvalue weighted by atomic mass is 10.2. The fourth-order valence-corrected chi connectivity index (χ4v) is 2.55. The summed E-state index contributed by atoms with van der Waals surface area (Å²) in [5, 5.41) is 18.7. The minimum atomic E-state index is -0.841. The van der Waals surface area contributed by atoms with Crippen LogP contribution in [0, 0.1) is 10.1 Å². The molecule has 2 aromatic carbocycles. The summed E-state index contributed by atoms with van der Waals surface area (Å²) in [6, 6.07) is 10.2. The number of hydrogen-bond donors (Lipinski definition) is 0. The Morgan fingerprint density at radius 3 is 2.56 bits per heavy atom. The highest BCUT2D eigenvalue weighted by atomic mass is 35.5. The van der Waals surface area contributed by atoms with Crippen LogP contribution in [0.25, 0.3) is 11.5 Å². The van der Waals surface area contributed by atoms with Crippen LogP contribution < -0.4 is 0 Å². The molecule has 138 valence electrons. The van der Waals surface area contributed by atoms with E-state index in [9.17, 15) is 14.9 Å². The Hall–Kier alpha value is -2.97. The lowest BCUT2D eigenvalue weighted by Crippen LogP contribution is -2.10. The van der Waals surface area contributed by atoms with Crippen LogP contribution in [0.1, 0.15) is 29.3 Å². The number of nitrogens with zero attached hydrogens (tertiary/aromatic N) is 3. The number of halogens is 2. The zero-order valence-electron chi connectivity index (χ0n) is 13.8. The summed E-state index contributed by atoms with van der Waals surface area (Å²) in [4.78, 5) is 22.4. The minimum absolute atomic E-state index is 0.0563. The van der Waals surface area contributed by atoms with Crippen molar-refractivity contribution in [1.29, 1.82) is 0 Å². The molecule has 1 heterocycles. The van der Waals surface area contributed by atoms with E-state index in [0.717, 1.165) is 0 Å². The van der Waals surface area contributed by atoms with Crippen molar-refractivity contribution < 1.29 is 18.9 Å². The number of hydrogen-bond acceptors (Lipinski definition) is 7. The normalized spacial score (nSPS) is 11.8. The molecule has 0 amide bonds. The van der Waals surface area contributed by atoms with Crippen molar-refractivity contribution in [3.05, 3.63) is 74.1 Å². The molecule has 0 N–H and O–H groups in total. The Labute approximate surface area is 162 Å². The lowest BCUT2D eigenvalue weighted by molar-refractivity contribution is -0.384. The fraction of sp³-hybridized carbons (Fsp3) is 0.118. The summed E-state index contributed by atoms with van der Waals surface area (Å²) in [5.41, 5.74) is 0.557. The Bertz CT molecular complexity index is 1000. The van der Waals surface area contributed by atoms with Crippen LogP contribution in [0.5, 0.6) is 0 Å². The number of benzene rings is 2. The molecule has 0 saturated heterocycles. The monoisotopic (exact) mass is 407 g/mol. The lowest BCUT2D eigenvalue weighted by Gasteiger charge is -2.10. The molecule has 1 atom stereocenters. The molecule has 0 fully saturated rings. The van der Waals surface area contributed by atoms with Gasteiger partial charge in [-0.25, -0.2) is 4.79 Å². The Morgan fingerprint density at radius 1 is 1.19 bits per heavy atom. The predicted molar refractivity (Wildman–Crippen MR) is 96.7 cm³/mol. The van der Waals surface area contributed by atoms with Crippen molar-refractivity contribution >= 4 is 34.9 Å². The number of non-ortho nitro benzene ring substituents is 1. The van der Waals surface area contributed by atoms with E-state index < -0.39 is 17.0 Å². The van der Waals surface area contributed by atoms with Gasteiger partial charge in [0.05, 0.1) is 20.5 Å². The summed E-state index contributed by atoms with van der Waals surface area (Å²) in [5.74, 6) is -0.483. The zero-order chi connectivity index (χ0) is 19.6. The highest BCUT2D eigenvalue weighted by Crippen LogP contribution is 2.28. The van der Waals surface area contributed by atoms with E-state index in [0.29, 0.717) is 5.56 Å². The van der Waals surface area contributed by atoms with Gasteiger partial charge in [-0.3, -0.25) is 10.1 Å². The molecule has 0 bridgehead atoms. The van der Waals surface area contributed by atoms with Gasteiger partial charge in [0, 0.05) is 17.7 Å². The summed E-state index contributed by atoms with van der Waals surface area (Å²) < 4.78 is 10.8. The molecule has 0 aliphatic carbocycles. The van der Waals surface area contributed by atoms with Crippen molar-refractivity contribution in [3.63, 3.8) is 0 Å². The summed E-state index contributed by atoms with van der Waals surface area (Å²) in [6.45, 7) is 1.56. The molecular formula is C17H11Cl2N3O5. The van der Waals surface area contributed by atoms with Crippen molar-refractivity contribution in [2.24, 2.45) is 0 Å². The SMILES string of the molecule is CC(OC(=O)c1cccc(Cl)c1Cl)c1nnc(-c2ccc([N+](=O)[O-])cc2)o1. The third-order valence-electron chi connectivity index (χ3n) is 3.57. The number of ether oxygens (including phenoxy) is 1. The second-order valence-corrected chi connectivity index (χ2v) is 6.18. The first-order valence-electron chi connectivity index (χ1n) is 7.60. The van der Waals surface area contributed by atoms with Gasteiger partial charge in [-0.2, -0.15) is 0 Å². The number of nitro groups is 1. The second kappa shape index (κ2) is 7.73. The van der Waals surface area contributed by atoms with Gasteiger partial charge in [0.25, 0.3) is 11.6 Å². The number of aromatic nitrogens is 2. The molecular weight excluding hydrogens is 397 g/mol. The zero-order valence-corrected chi connectivity index (χ0v) is 15.3. The molecule has 0 radical (unpaired) electrons. The number of nitro benzene ring substituents is 1. The Morgan fingerprint density at radius 2 is 1.89 bits per heavy atom. The van der Waals surface area contributed by atoms with Crippen molar-refractivity contribution in [2.45, 2.75) is 13.0 Å². The van der Waals surface area contributed by atoms with Gasteiger partial charge in [0.15, 0.2) is 6.10 Å². The van der Waals surface area contributed by atoms with Gasteiger partial charge in [0.1, 0.15) is 0 Å². The topological polar surface area (TPSA) is 108 Å². The van der Waals surface area contributed by atoms with E-state index in [2.05, 4.69) is 10.2 Å². The van der Waals surface area contributed by atoms with Crippen LogP contribution in [0.2, 0.25) is 10.0 Å². The molecule has 1 unspecified atom stereocenters. The van der Waals surface area contributed by atoms with E-state index in [1.165, 1.54) is 30.3 Å². The van der Waals surface area contributed by atoms with Crippen LogP contribution >= 0.6 is 23.2 Å². The Balaban J connectivity index is 1.74. The fourth-order valence-electron chi connectivity index (χ4n) is 2.18. The Kier molecular flexibility index (Phi) is 5.38. The number of esters is 1. The number of rotatable bonds is 5. The smallest absolute Gasteiger partial charge is 0.340 e. The van der Waals surface area contributed by atoms with Gasteiger partial charge in [-0.1, -0.05) is 29.3 Å². The third-order valence-corrected chi connectivity index (χ3v) is 4.39. The van der Waals surface area contributed by atoms with Gasteiger partial charge < -0.3 is 9.15 Å². The summed E-state index contributed by atoms with van der Waals surface area (Å²) in [7, 11) is 0. The van der Waals surface area contributed by atoms with Crippen LogP contribution in [0.4, 0.5) is 5.69 Å². The average molecular weight is 408 g/mol. The van der Waals surface area contributed by atoms with Crippen LogP contribution in [-0.4, -0.2) is 21.1 Å². The molecule has 1 aromatic heterocycles. The molecule has 8 nitrogen and oxygen atoms in total. The van der Waals surface area contributed by atoms with Crippen LogP contribution in [0.3, 0.4) is 0 Å². The van der Waals surface area contributed by atoms with Gasteiger partial charge in [0.2, 0.25) is 5.89 Å². The largest absolute Gasteiger partial charge is 0.449 e. The minimum Gasteiger partial charge on any atom is -0.449 e. The highest BCUT2D eigenvalue weighted by molar-refractivity contribution is 6.43. The first kappa shape index (κ1) is 18.8. The maximum absolute atomic E-state index is 12.3. The van der Waals surface area contributed by atoms with E-state index in [-0.39, 0.29) is 33.1 Å². The molecule has 0 aliphatic heterocycles. The molecule has 3 aromatic rings. The highest BCUT2D eigenvalue weighted by Gasteiger charge is 2.22. The van der Waals surface area contributed by atoms with Crippen molar-refractivity contribution in [3.8, 4) is 11.5 Å². The second-order valence-electron chi connectivity index (χ2n) is 5.40. The molecule has 0 aliphatic rings. The van der Waals surface area contributed by atoms with Crippen LogP contribution in [0.15, 0.2) is 46.9 Å². The first-order valence-corrected chi connectivity index (χ1v) is 8.35. The van der Waals surface area contributed by atoms with Crippen molar-refractivity contribution in [1.82, 2.24) is 10.2 Å². The first-order chi connectivity index (χ1) is 12.9. The van der Waals surface area contributed by atoms with E-state index in [4.69, 9.17) is 32.4 Å². The molecule has 10 heteroatoms. The third kappa shape index (κ3) is 4.07. The predicted octanol–water partition coefficient (Wildman–Crippen LogP) is 4.87. The molecule has 3 rings (SSSR count). The van der Waals surface area contributed by atoms with Gasteiger partial charge >= 0.3 is 5.97 Å². The summed E-state index contributed by atoms with van der Waals surface area (Å²) in [6.07, 6.45) is -0.841. The summed E-state index contributed by atoms with van der Waals surface area (Å²) >= 11 is 11.9. The van der Waals surface area contributed by atoms with Crippen molar-refractivity contribution in [2.75, 3.05) is 0 Å². The number of carbonyl (C=O) groups excluding carboxylic acids is 1. The van der Waals surface area contributed by atoms with E-state index >= 15 is 0 Å². The van der Waals surface area contributed by atoms with Gasteiger partial charge in [-0.05, 0) is 31.2 Å². The molecule has 27 heavy (non-hydrogen) atoms.